The maximum atomic E-state index is 5.59. The van der Waals surface area contributed by atoms with Crippen LogP contribution in [-0.4, -0.2) is 27.9 Å². The zero-order valence-corrected chi connectivity index (χ0v) is 16.2. The largest absolute Gasteiger partial charge is 0.350 e. The molecule has 1 spiro atoms. The van der Waals surface area contributed by atoms with E-state index in [1.807, 2.05) is 17.8 Å². The minimum absolute atomic E-state index is 0.412. The van der Waals surface area contributed by atoms with Gasteiger partial charge in [0.15, 0.2) is 5.17 Å². The molecule has 0 amide bonds. The Balaban J connectivity index is 1.94. The fourth-order valence-corrected chi connectivity index (χ4v) is 5.36. The minimum Gasteiger partial charge on any atom is -0.350 e. The van der Waals surface area contributed by atoms with Crippen LogP contribution in [-0.2, 0) is 0 Å². The van der Waals surface area contributed by atoms with Gasteiger partial charge in [-0.1, -0.05) is 44.4 Å². The molecule has 3 rings (SSSR count). The predicted molar refractivity (Wildman–Crippen MR) is 106 cm³/mol. The van der Waals surface area contributed by atoms with Crippen molar-refractivity contribution in [3.05, 3.63) is 28.8 Å². The van der Waals surface area contributed by atoms with Gasteiger partial charge in [-0.25, -0.2) is 4.99 Å². The van der Waals surface area contributed by atoms with Crippen molar-refractivity contribution in [2.75, 3.05) is 13.1 Å². The molecule has 0 aromatic heterocycles. The van der Waals surface area contributed by atoms with Crippen molar-refractivity contribution < 1.29 is 0 Å². The van der Waals surface area contributed by atoms with Gasteiger partial charge in [0.1, 0.15) is 0 Å². The summed E-state index contributed by atoms with van der Waals surface area (Å²) in [5.74, 6) is 3.42. The van der Waals surface area contributed by atoms with Gasteiger partial charge in [0.25, 0.3) is 0 Å². The Labute approximate surface area is 151 Å². The van der Waals surface area contributed by atoms with Crippen LogP contribution in [0.1, 0.15) is 56.2 Å². The molecule has 2 aliphatic rings. The molecule has 1 aliphatic heterocycles. The van der Waals surface area contributed by atoms with E-state index in [0.717, 1.165) is 24.3 Å². The van der Waals surface area contributed by atoms with Crippen LogP contribution in [0.15, 0.2) is 17.1 Å². The van der Waals surface area contributed by atoms with Crippen molar-refractivity contribution in [1.29, 1.82) is 0 Å². The molecule has 24 heavy (non-hydrogen) atoms. The number of hydrogen-bond acceptors (Lipinski definition) is 2. The van der Waals surface area contributed by atoms with Crippen molar-refractivity contribution in [2.45, 2.75) is 58.1 Å². The Kier molecular flexibility index (Phi) is 4.97. The first-order chi connectivity index (χ1) is 11.4. The zero-order chi connectivity index (χ0) is 17.3. The highest BCUT2D eigenvalue weighted by Gasteiger charge is 2.44. The van der Waals surface area contributed by atoms with Gasteiger partial charge < -0.3 is 4.90 Å². The number of aliphatic imine (C=N–C) groups is 1. The van der Waals surface area contributed by atoms with Crippen molar-refractivity contribution in [1.82, 2.24) is 4.90 Å². The molecule has 0 N–H and O–H groups in total. The summed E-state index contributed by atoms with van der Waals surface area (Å²) in [6, 6.07) is 4.11. The Morgan fingerprint density at radius 1 is 1.25 bits per heavy atom. The predicted octanol–water partition coefficient (Wildman–Crippen LogP) is 5.29. The lowest BCUT2D eigenvalue weighted by atomic mass is 10.0. The van der Waals surface area contributed by atoms with E-state index in [0.29, 0.717) is 10.7 Å². The Bertz CT molecular complexity index is 691. The Morgan fingerprint density at radius 2 is 1.96 bits per heavy atom. The van der Waals surface area contributed by atoms with Crippen molar-refractivity contribution in [2.24, 2.45) is 10.9 Å². The number of hydrogen-bond donors (Lipinski definition) is 0. The van der Waals surface area contributed by atoms with E-state index in [4.69, 9.17) is 11.4 Å². The van der Waals surface area contributed by atoms with Gasteiger partial charge in [0.2, 0.25) is 0 Å². The molecule has 0 unspecified atom stereocenters. The minimum atomic E-state index is 0.412. The molecule has 0 radical (unpaired) electrons. The third kappa shape index (κ3) is 3.35. The molecule has 1 saturated heterocycles. The number of amidine groups is 1. The van der Waals surface area contributed by atoms with Crippen LogP contribution in [0.25, 0.3) is 0 Å². The molecule has 2 nitrogen and oxygen atoms in total. The summed E-state index contributed by atoms with van der Waals surface area (Å²) in [5, 5.41) is 1.21. The number of nitrogens with zero attached hydrogens (tertiary/aromatic N) is 2. The van der Waals surface area contributed by atoms with Crippen LogP contribution in [0.3, 0.4) is 0 Å². The quantitative estimate of drug-likeness (QED) is 0.695. The van der Waals surface area contributed by atoms with Gasteiger partial charge in [0, 0.05) is 23.4 Å². The lowest BCUT2D eigenvalue weighted by molar-refractivity contribution is 0.346. The second-order valence-electron chi connectivity index (χ2n) is 7.69. The second-order valence-corrected chi connectivity index (χ2v) is 9.12. The third-order valence-electron chi connectivity index (χ3n) is 5.29. The smallest absolute Gasteiger partial charge is 0.165 e. The van der Waals surface area contributed by atoms with Crippen LogP contribution >= 0.6 is 11.8 Å². The highest BCUT2D eigenvalue weighted by molar-refractivity contribution is 8.15. The van der Waals surface area contributed by atoms with Crippen molar-refractivity contribution in [3.8, 4) is 12.3 Å². The first-order valence-electron chi connectivity index (χ1n) is 9.03. The summed E-state index contributed by atoms with van der Waals surface area (Å²) in [5.41, 5.74) is 4.42. The monoisotopic (exact) mass is 340 g/mol. The molecule has 1 heterocycles. The van der Waals surface area contributed by atoms with Crippen LogP contribution in [0.5, 0.6) is 0 Å². The standard InChI is InChI=1S/C21H28N2S/c1-6-18-9-10-19(17(5)16(18)4)22-20-23(13-15(2)3)14-21(24-20)11-7-8-12-21/h1,9-10,15H,7-8,11-14H2,2-5H3. The summed E-state index contributed by atoms with van der Waals surface area (Å²) >= 11 is 2.03. The van der Waals surface area contributed by atoms with Crippen LogP contribution in [0, 0.1) is 32.1 Å². The Hall–Kier alpha value is -1.40. The first-order valence-corrected chi connectivity index (χ1v) is 9.85. The fourth-order valence-electron chi connectivity index (χ4n) is 3.85. The van der Waals surface area contributed by atoms with Gasteiger partial charge in [-0.3, -0.25) is 0 Å². The van der Waals surface area contributed by atoms with E-state index in [1.165, 1.54) is 42.0 Å². The average molecular weight is 341 g/mol. The molecular formula is C21H28N2S. The van der Waals surface area contributed by atoms with E-state index in [2.05, 4.69) is 44.6 Å². The molecule has 2 fully saturated rings. The molecule has 0 atom stereocenters. The lowest BCUT2D eigenvalue weighted by Crippen LogP contribution is -2.33. The van der Waals surface area contributed by atoms with Crippen molar-refractivity contribution >= 4 is 22.6 Å². The molecule has 1 aromatic carbocycles. The van der Waals surface area contributed by atoms with E-state index in [-0.39, 0.29) is 0 Å². The molecule has 1 saturated carbocycles. The van der Waals surface area contributed by atoms with Crippen LogP contribution in [0.4, 0.5) is 5.69 Å². The third-order valence-corrected chi connectivity index (χ3v) is 6.79. The fraction of sp³-hybridized carbons (Fsp3) is 0.571. The van der Waals surface area contributed by atoms with Crippen LogP contribution < -0.4 is 0 Å². The normalized spacial score (nSPS) is 21.2. The average Bonchev–Trinajstić information content (AvgIpc) is 3.11. The van der Waals surface area contributed by atoms with E-state index in [9.17, 15) is 0 Å². The Morgan fingerprint density at radius 3 is 2.58 bits per heavy atom. The zero-order valence-electron chi connectivity index (χ0n) is 15.4. The number of terminal acetylenes is 1. The van der Waals surface area contributed by atoms with E-state index >= 15 is 0 Å². The second kappa shape index (κ2) is 6.84. The summed E-state index contributed by atoms with van der Waals surface area (Å²) in [4.78, 5) is 7.60. The number of benzene rings is 1. The molecule has 1 aliphatic carbocycles. The van der Waals surface area contributed by atoms with Gasteiger partial charge >= 0.3 is 0 Å². The molecule has 3 heteroatoms. The van der Waals surface area contributed by atoms with E-state index < -0.39 is 0 Å². The van der Waals surface area contributed by atoms with E-state index in [1.54, 1.807) is 0 Å². The lowest BCUT2D eigenvalue weighted by Gasteiger charge is -2.23. The molecule has 128 valence electrons. The van der Waals surface area contributed by atoms with Crippen LogP contribution in [0.2, 0.25) is 0 Å². The molecular weight excluding hydrogens is 312 g/mol. The summed E-state index contributed by atoms with van der Waals surface area (Å²) in [6.07, 6.45) is 11.0. The van der Waals surface area contributed by atoms with Gasteiger partial charge in [-0.05, 0) is 55.9 Å². The highest BCUT2D eigenvalue weighted by atomic mass is 32.2. The highest BCUT2D eigenvalue weighted by Crippen LogP contribution is 2.48. The van der Waals surface area contributed by atoms with Gasteiger partial charge in [-0.15, -0.1) is 6.42 Å². The first kappa shape index (κ1) is 17.4. The summed E-state index contributed by atoms with van der Waals surface area (Å²) < 4.78 is 0.412. The maximum Gasteiger partial charge on any atom is 0.165 e. The number of rotatable bonds is 3. The SMILES string of the molecule is C#Cc1ccc(N=C2SC3(CCCC3)CN2CC(C)C)c(C)c1C. The maximum absolute atomic E-state index is 5.59. The van der Waals surface area contributed by atoms with Gasteiger partial charge in [-0.2, -0.15) is 0 Å². The summed E-state index contributed by atoms with van der Waals surface area (Å²) in [7, 11) is 0. The molecule has 0 bridgehead atoms. The summed E-state index contributed by atoms with van der Waals surface area (Å²) in [6.45, 7) is 11.1. The molecule has 1 aromatic rings. The topological polar surface area (TPSA) is 15.6 Å². The van der Waals surface area contributed by atoms with Gasteiger partial charge in [0.05, 0.1) is 5.69 Å². The van der Waals surface area contributed by atoms with Crippen molar-refractivity contribution in [3.63, 3.8) is 0 Å². The number of thioether (sulfide) groups is 1.